The van der Waals surface area contributed by atoms with Gasteiger partial charge in [0.15, 0.2) is 18.7 Å². The number of aliphatic hydroxyl groups is 7. The molecule has 2 aliphatic heterocycles. The number of carbonyl (C=O) groups is 2. The Kier molecular flexibility index (Phi) is 36.5. The molecule has 0 aromatic rings. The standard InChI is InChI=1S/C52H96O15/c1-3-5-7-9-11-13-15-17-19-21-23-25-27-29-31-33-35-44(55)65-40(37-62-43(54)34-32-30-28-26-24-22-20-18-16-14-12-10-8-6-4-2)38-63-51-50(61)48(59)46(57)42(67-51)39-64-52-49(60)47(58)45(56)41(36-53)66-52/h14,16,40-42,45-53,56-61H,3-13,15,17-39H2,1-2H3/b16-14+/t40-,41-,42-,45+,46+,47?,48?,49?,50?,51-,52-/m1/s1. The fraction of sp³-hybridized carbons (Fsp3) is 0.923. The molecule has 2 aliphatic rings. The monoisotopic (exact) mass is 961 g/mol. The molecule has 0 spiro atoms. The van der Waals surface area contributed by atoms with E-state index >= 15 is 0 Å². The largest absolute Gasteiger partial charge is 0.462 e. The highest BCUT2D eigenvalue weighted by Gasteiger charge is 2.47. The Labute approximate surface area is 403 Å². The van der Waals surface area contributed by atoms with E-state index in [1.807, 2.05) is 0 Å². The van der Waals surface area contributed by atoms with Crippen molar-refractivity contribution in [1.82, 2.24) is 0 Å². The maximum atomic E-state index is 13.0. The lowest BCUT2D eigenvalue weighted by Crippen LogP contribution is -2.61. The van der Waals surface area contributed by atoms with Gasteiger partial charge < -0.3 is 64.2 Å². The molecule has 0 amide bonds. The first-order valence-corrected chi connectivity index (χ1v) is 26.8. The van der Waals surface area contributed by atoms with Gasteiger partial charge in [0.1, 0.15) is 55.4 Å². The van der Waals surface area contributed by atoms with E-state index < -0.39 is 92.7 Å². The van der Waals surface area contributed by atoms with Gasteiger partial charge >= 0.3 is 11.9 Å². The summed E-state index contributed by atoms with van der Waals surface area (Å²) >= 11 is 0. The van der Waals surface area contributed by atoms with Crippen LogP contribution in [0.2, 0.25) is 0 Å². The quantitative estimate of drug-likeness (QED) is 0.0176. The van der Waals surface area contributed by atoms with E-state index in [-0.39, 0.29) is 26.1 Å². The zero-order valence-corrected chi connectivity index (χ0v) is 41.7. The topological polar surface area (TPSA) is 231 Å². The molecular formula is C52H96O15. The summed E-state index contributed by atoms with van der Waals surface area (Å²) in [6.07, 6.45) is 22.3. The number of allylic oxidation sites excluding steroid dienone is 2. The third-order valence-corrected chi connectivity index (χ3v) is 13.0. The molecule has 7 N–H and O–H groups in total. The Morgan fingerprint density at radius 1 is 0.463 bits per heavy atom. The van der Waals surface area contributed by atoms with Crippen LogP contribution in [-0.2, 0) is 38.0 Å². The van der Waals surface area contributed by atoms with E-state index in [1.54, 1.807) is 0 Å². The van der Waals surface area contributed by atoms with Gasteiger partial charge in [0, 0.05) is 12.8 Å². The van der Waals surface area contributed by atoms with Gasteiger partial charge in [0.25, 0.3) is 0 Å². The first-order chi connectivity index (χ1) is 32.5. The molecule has 2 fully saturated rings. The third kappa shape index (κ3) is 28.0. The Morgan fingerprint density at radius 3 is 1.33 bits per heavy atom. The molecule has 15 heteroatoms. The molecule has 11 atom stereocenters. The van der Waals surface area contributed by atoms with Crippen LogP contribution in [0.5, 0.6) is 0 Å². The van der Waals surface area contributed by atoms with Crippen molar-refractivity contribution < 1.29 is 73.8 Å². The average molecular weight is 961 g/mol. The zero-order chi connectivity index (χ0) is 48.9. The normalized spacial score (nSPS) is 26.0. The second-order valence-corrected chi connectivity index (χ2v) is 19.1. The number of hydrogen-bond acceptors (Lipinski definition) is 15. The first kappa shape index (κ1) is 61.4. The number of hydrogen-bond donors (Lipinski definition) is 7. The van der Waals surface area contributed by atoms with Gasteiger partial charge in [-0.25, -0.2) is 0 Å². The van der Waals surface area contributed by atoms with Gasteiger partial charge in [-0.3, -0.25) is 9.59 Å². The summed E-state index contributed by atoms with van der Waals surface area (Å²) in [7, 11) is 0. The lowest BCUT2D eigenvalue weighted by molar-refractivity contribution is -0.332. The summed E-state index contributed by atoms with van der Waals surface area (Å²) in [5.74, 6) is -0.918. The Bertz CT molecular complexity index is 1220. The van der Waals surface area contributed by atoms with Crippen LogP contribution < -0.4 is 0 Å². The second kappa shape index (κ2) is 39.9. The summed E-state index contributed by atoms with van der Waals surface area (Å²) in [5.41, 5.74) is 0. The molecule has 0 saturated carbocycles. The van der Waals surface area contributed by atoms with E-state index in [2.05, 4.69) is 26.0 Å². The number of unbranched alkanes of at least 4 members (excludes halogenated alkanes) is 26. The molecule has 2 saturated heterocycles. The molecule has 15 nitrogen and oxygen atoms in total. The lowest BCUT2D eigenvalue weighted by Gasteiger charge is -2.42. The van der Waals surface area contributed by atoms with Crippen molar-refractivity contribution in [3.63, 3.8) is 0 Å². The van der Waals surface area contributed by atoms with Crippen molar-refractivity contribution in [2.24, 2.45) is 0 Å². The van der Waals surface area contributed by atoms with Crippen LogP contribution in [0.15, 0.2) is 12.2 Å². The van der Waals surface area contributed by atoms with Crippen molar-refractivity contribution >= 4 is 11.9 Å². The average Bonchev–Trinajstić information content (AvgIpc) is 3.32. The van der Waals surface area contributed by atoms with Gasteiger partial charge in [0.2, 0.25) is 0 Å². The van der Waals surface area contributed by atoms with E-state index in [1.165, 1.54) is 128 Å². The number of ether oxygens (including phenoxy) is 6. The minimum atomic E-state index is -1.76. The fourth-order valence-corrected chi connectivity index (χ4v) is 8.57. The SMILES string of the molecule is CCCCCC/C=C/CCCCCCCCCC(=O)OC[C@H](CO[C@@H]1O[C@H](CO[C@@H]2O[C@H](CO)[C@H](O)C(O)C2O)[C@H](O)C(O)C1O)OC(=O)CCCCCCCCCCCCCCCCCC. The first-order valence-electron chi connectivity index (χ1n) is 26.8. The van der Waals surface area contributed by atoms with Crippen LogP contribution in [0.1, 0.15) is 213 Å². The molecule has 0 aliphatic carbocycles. The minimum absolute atomic E-state index is 0.170. The predicted molar refractivity (Wildman–Crippen MR) is 257 cm³/mol. The summed E-state index contributed by atoms with van der Waals surface area (Å²) in [6, 6.07) is 0. The molecule has 2 heterocycles. The number of rotatable bonds is 42. The minimum Gasteiger partial charge on any atom is -0.462 e. The Hall–Kier alpha value is -1.76. The van der Waals surface area contributed by atoms with Crippen molar-refractivity contribution in [2.75, 3.05) is 26.4 Å². The van der Waals surface area contributed by atoms with Crippen molar-refractivity contribution in [1.29, 1.82) is 0 Å². The van der Waals surface area contributed by atoms with E-state index in [9.17, 15) is 45.3 Å². The zero-order valence-electron chi connectivity index (χ0n) is 41.7. The molecule has 67 heavy (non-hydrogen) atoms. The maximum absolute atomic E-state index is 13.0. The van der Waals surface area contributed by atoms with Crippen molar-refractivity contribution in [3.8, 4) is 0 Å². The van der Waals surface area contributed by atoms with Crippen molar-refractivity contribution in [3.05, 3.63) is 12.2 Å². The molecular weight excluding hydrogens is 865 g/mol. The smallest absolute Gasteiger partial charge is 0.306 e. The fourth-order valence-electron chi connectivity index (χ4n) is 8.57. The van der Waals surface area contributed by atoms with E-state index in [0.717, 1.165) is 44.9 Å². The molecule has 4 unspecified atom stereocenters. The molecule has 0 bridgehead atoms. The predicted octanol–water partition coefficient (Wildman–Crippen LogP) is 7.77. The Balaban J connectivity index is 1.79. The van der Waals surface area contributed by atoms with Crippen LogP contribution in [0.25, 0.3) is 0 Å². The number of esters is 2. The maximum Gasteiger partial charge on any atom is 0.306 e. The van der Waals surface area contributed by atoms with Gasteiger partial charge in [-0.2, -0.15) is 0 Å². The molecule has 0 aromatic heterocycles. The highest BCUT2D eigenvalue weighted by atomic mass is 16.7. The molecule has 0 aromatic carbocycles. The van der Waals surface area contributed by atoms with E-state index in [0.29, 0.717) is 12.8 Å². The van der Waals surface area contributed by atoms with Crippen molar-refractivity contribution in [2.45, 2.75) is 280 Å². The van der Waals surface area contributed by atoms with Crippen LogP contribution in [0, 0.1) is 0 Å². The van der Waals surface area contributed by atoms with Crippen LogP contribution >= 0.6 is 0 Å². The number of aliphatic hydroxyl groups excluding tert-OH is 7. The van der Waals surface area contributed by atoms with E-state index in [4.69, 9.17) is 28.4 Å². The summed E-state index contributed by atoms with van der Waals surface area (Å²) < 4.78 is 33.6. The molecule has 0 radical (unpaired) electrons. The van der Waals surface area contributed by atoms with Gasteiger partial charge in [0.05, 0.1) is 19.8 Å². The highest BCUT2D eigenvalue weighted by Crippen LogP contribution is 2.27. The summed E-state index contributed by atoms with van der Waals surface area (Å²) in [5, 5.41) is 72.1. The molecule has 2 rings (SSSR count). The number of carbonyl (C=O) groups excluding carboxylic acids is 2. The summed E-state index contributed by atoms with van der Waals surface area (Å²) in [4.78, 5) is 25.8. The Morgan fingerprint density at radius 2 is 0.851 bits per heavy atom. The molecule has 394 valence electrons. The summed E-state index contributed by atoms with van der Waals surface area (Å²) in [6.45, 7) is 2.60. The van der Waals surface area contributed by atoms with Crippen LogP contribution in [0.3, 0.4) is 0 Å². The van der Waals surface area contributed by atoms with Gasteiger partial charge in [-0.1, -0.05) is 174 Å². The van der Waals surface area contributed by atoms with Crippen LogP contribution in [0.4, 0.5) is 0 Å². The second-order valence-electron chi connectivity index (χ2n) is 19.1. The van der Waals surface area contributed by atoms with Gasteiger partial charge in [-0.15, -0.1) is 0 Å². The highest BCUT2D eigenvalue weighted by molar-refractivity contribution is 5.70. The van der Waals surface area contributed by atoms with Crippen LogP contribution in [-0.4, -0.2) is 142 Å². The van der Waals surface area contributed by atoms with Gasteiger partial charge in [-0.05, 0) is 38.5 Å². The third-order valence-electron chi connectivity index (χ3n) is 13.0. The lowest BCUT2D eigenvalue weighted by atomic mass is 9.98.